The van der Waals surface area contributed by atoms with Crippen molar-refractivity contribution in [2.24, 2.45) is 5.10 Å². The summed E-state index contributed by atoms with van der Waals surface area (Å²) in [5, 5.41) is 11.8. The van der Waals surface area contributed by atoms with Crippen LogP contribution >= 0.6 is 23.2 Å². The molecule has 0 radical (unpaired) electrons. The molecule has 5 aromatic rings. The molecule has 0 amide bonds. The Balaban J connectivity index is 1.31. The molecule has 1 heterocycles. The van der Waals surface area contributed by atoms with Crippen molar-refractivity contribution < 1.29 is 9.47 Å². The Labute approximate surface area is 253 Å². The first-order valence-corrected chi connectivity index (χ1v) is 13.8. The van der Waals surface area contributed by atoms with Crippen molar-refractivity contribution in [3.8, 4) is 11.5 Å². The van der Waals surface area contributed by atoms with Gasteiger partial charge in [-0.2, -0.15) is 20.1 Å². The van der Waals surface area contributed by atoms with Crippen LogP contribution in [0.2, 0.25) is 10.0 Å². The number of aromatic nitrogens is 3. The van der Waals surface area contributed by atoms with E-state index >= 15 is 0 Å². The summed E-state index contributed by atoms with van der Waals surface area (Å²) in [6.45, 7) is 2.64. The van der Waals surface area contributed by atoms with E-state index in [4.69, 9.17) is 32.7 Å². The van der Waals surface area contributed by atoms with Crippen LogP contribution in [0.4, 0.5) is 29.2 Å². The number of anilines is 5. The first kappa shape index (κ1) is 28.7. The van der Waals surface area contributed by atoms with Crippen molar-refractivity contribution in [1.82, 2.24) is 15.0 Å². The summed E-state index contributed by atoms with van der Waals surface area (Å²) in [6.07, 6.45) is 1.64. The Morgan fingerprint density at radius 2 is 1.36 bits per heavy atom. The number of ether oxygens (including phenoxy) is 2. The van der Waals surface area contributed by atoms with Crippen LogP contribution in [0.1, 0.15) is 18.1 Å². The van der Waals surface area contributed by atoms with Crippen LogP contribution in [0, 0.1) is 0 Å². The average molecular weight is 601 g/mol. The van der Waals surface area contributed by atoms with Gasteiger partial charge in [0.2, 0.25) is 17.8 Å². The Morgan fingerprint density at radius 1 is 0.714 bits per heavy atom. The lowest BCUT2D eigenvalue weighted by atomic mass is 10.2. The predicted molar refractivity (Wildman–Crippen MR) is 169 cm³/mol. The molecule has 0 bridgehead atoms. The minimum Gasteiger partial charge on any atom is -0.490 e. The van der Waals surface area contributed by atoms with Gasteiger partial charge in [0.1, 0.15) is 6.61 Å². The third kappa shape index (κ3) is 8.09. The zero-order valence-electron chi connectivity index (χ0n) is 22.6. The number of hydrogen-bond acceptors (Lipinski definition) is 9. The molecule has 0 spiro atoms. The molecule has 1 aromatic heterocycles. The zero-order valence-corrected chi connectivity index (χ0v) is 24.1. The molecule has 11 heteroatoms. The largest absolute Gasteiger partial charge is 0.490 e. The highest BCUT2D eigenvalue weighted by Gasteiger charge is 2.10. The number of rotatable bonds is 12. The normalized spacial score (nSPS) is 10.8. The predicted octanol–water partition coefficient (Wildman–Crippen LogP) is 8.09. The molecular weight excluding hydrogens is 573 g/mol. The minimum atomic E-state index is 0.253. The second-order valence-corrected chi connectivity index (χ2v) is 9.67. The highest BCUT2D eigenvalue weighted by atomic mass is 35.5. The summed E-state index contributed by atoms with van der Waals surface area (Å²) in [5.74, 6) is 2.12. The molecule has 9 nitrogen and oxygen atoms in total. The van der Waals surface area contributed by atoms with Crippen molar-refractivity contribution in [3.63, 3.8) is 0 Å². The minimum absolute atomic E-state index is 0.253. The summed E-state index contributed by atoms with van der Waals surface area (Å²) in [5.41, 5.74) is 6.18. The van der Waals surface area contributed by atoms with Crippen LogP contribution in [-0.4, -0.2) is 27.8 Å². The van der Waals surface area contributed by atoms with Gasteiger partial charge in [-0.3, -0.25) is 0 Å². The lowest BCUT2D eigenvalue weighted by molar-refractivity contribution is 0.269. The van der Waals surface area contributed by atoms with Crippen molar-refractivity contribution in [1.29, 1.82) is 0 Å². The van der Waals surface area contributed by atoms with E-state index in [-0.39, 0.29) is 12.6 Å². The number of hydrazone groups is 1. The van der Waals surface area contributed by atoms with Gasteiger partial charge in [0.05, 0.1) is 12.8 Å². The summed E-state index contributed by atoms with van der Waals surface area (Å²) >= 11 is 12.3. The fourth-order valence-corrected chi connectivity index (χ4v) is 4.25. The maximum absolute atomic E-state index is 6.29. The molecule has 4 aromatic carbocycles. The molecule has 5 rings (SSSR count). The van der Waals surface area contributed by atoms with Gasteiger partial charge in [0.15, 0.2) is 11.5 Å². The SMILES string of the molecule is CCOc1cc(/C=N/Nc2nc(Nc3ccccc3)nc(Nc3ccccc3)n2)ccc1OCc1ccc(Cl)cc1Cl. The third-order valence-corrected chi connectivity index (χ3v) is 6.33. The van der Waals surface area contributed by atoms with E-state index in [9.17, 15) is 0 Å². The Morgan fingerprint density at radius 3 is 1.98 bits per heavy atom. The van der Waals surface area contributed by atoms with Crippen LogP contribution in [0.15, 0.2) is 102 Å². The molecule has 0 aliphatic carbocycles. The van der Waals surface area contributed by atoms with Crippen LogP contribution < -0.4 is 25.5 Å². The van der Waals surface area contributed by atoms with Crippen molar-refractivity contribution in [2.75, 3.05) is 22.7 Å². The van der Waals surface area contributed by atoms with Gasteiger partial charge in [0.25, 0.3) is 0 Å². The molecule has 0 saturated heterocycles. The van der Waals surface area contributed by atoms with Crippen molar-refractivity contribution in [2.45, 2.75) is 13.5 Å². The number of nitrogens with zero attached hydrogens (tertiary/aromatic N) is 4. The smallest absolute Gasteiger partial charge is 0.250 e. The van der Waals surface area contributed by atoms with Gasteiger partial charge in [0, 0.05) is 27.0 Å². The van der Waals surface area contributed by atoms with E-state index < -0.39 is 0 Å². The third-order valence-electron chi connectivity index (χ3n) is 5.74. The molecule has 212 valence electrons. The summed E-state index contributed by atoms with van der Waals surface area (Å²) in [4.78, 5) is 13.4. The number of para-hydroxylation sites is 2. The summed E-state index contributed by atoms with van der Waals surface area (Å²) < 4.78 is 11.8. The summed E-state index contributed by atoms with van der Waals surface area (Å²) in [6, 6.07) is 30.1. The van der Waals surface area contributed by atoms with Crippen LogP contribution in [0.25, 0.3) is 0 Å². The number of nitrogens with one attached hydrogen (secondary N) is 3. The quantitative estimate of drug-likeness (QED) is 0.0975. The molecular formula is C31H27Cl2N7O2. The Hall–Kier alpha value is -4.86. The molecule has 3 N–H and O–H groups in total. The van der Waals surface area contributed by atoms with Crippen LogP contribution in [0.5, 0.6) is 11.5 Å². The van der Waals surface area contributed by atoms with Crippen LogP contribution in [-0.2, 0) is 6.61 Å². The van der Waals surface area contributed by atoms with E-state index in [0.29, 0.717) is 40.0 Å². The first-order valence-electron chi connectivity index (χ1n) is 13.1. The average Bonchev–Trinajstić information content (AvgIpc) is 2.99. The standard InChI is InChI=1S/C31H27Cl2N7O2/c1-2-41-28-17-21(13-16-27(28)42-20-22-14-15-23(32)18-26(22)33)19-34-40-31-38-29(35-24-9-5-3-6-10-24)37-30(39-31)36-25-11-7-4-8-12-25/h3-19H,2,20H2,1H3,(H3,35,36,37,38,39,40)/b34-19+. The molecule has 0 unspecified atom stereocenters. The van der Waals surface area contributed by atoms with Gasteiger partial charge in [-0.25, -0.2) is 5.43 Å². The van der Waals surface area contributed by atoms with E-state index in [1.54, 1.807) is 18.3 Å². The number of benzene rings is 4. The van der Waals surface area contributed by atoms with Crippen molar-refractivity contribution >= 4 is 58.6 Å². The van der Waals surface area contributed by atoms with Gasteiger partial charge in [-0.1, -0.05) is 65.7 Å². The highest BCUT2D eigenvalue weighted by Crippen LogP contribution is 2.30. The van der Waals surface area contributed by atoms with Gasteiger partial charge in [-0.05, 0) is 67.1 Å². The van der Waals surface area contributed by atoms with E-state index in [0.717, 1.165) is 22.5 Å². The Bertz CT molecular complexity index is 1600. The monoisotopic (exact) mass is 599 g/mol. The molecule has 0 aliphatic rings. The van der Waals surface area contributed by atoms with E-state index in [2.05, 4.69) is 36.1 Å². The molecule has 0 fully saturated rings. The van der Waals surface area contributed by atoms with Gasteiger partial charge in [-0.15, -0.1) is 0 Å². The molecule has 0 aliphatic heterocycles. The van der Waals surface area contributed by atoms with Crippen LogP contribution in [0.3, 0.4) is 0 Å². The van der Waals surface area contributed by atoms with Gasteiger partial charge >= 0.3 is 0 Å². The summed E-state index contributed by atoms with van der Waals surface area (Å²) in [7, 11) is 0. The maximum Gasteiger partial charge on any atom is 0.250 e. The number of halogens is 2. The number of hydrogen-bond donors (Lipinski definition) is 3. The Kier molecular flexibility index (Phi) is 9.66. The molecule has 0 saturated carbocycles. The maximum atomic E-state index is 6.29. The molecule has 42 heavy (non-hydrogen) atoms. The fraction of sp³-hybridized carbons (Fsp3) is 0.0968. The van der Waals surface area contributed by atoms with Crippen molar-refractivity contribution in [3.05, 3.63) is 118 Å². The lowest BCUT2D eigenvalue weighted by Gasteiger charge is -2.13. The van der Waals surface area contributed by atoms with E-state index in [1.807, 2.05) is 91.9 Å². The van der Waals surface area contributed by atoms with Gasteiger partial charge < -0.3 is 20.1 Å². The second-order valence-electron chi connectivity index (χ2n) is 8.82. The highest BCUT2D eigenvalue weighted by molar-refractivity contribution is 6.35. The fourth-order valence-electron chi connectivity index (χ4n) is 3.79. The zero-order chi connectivity index (χ0) is 29.1. The first-order chi connectivity index (χ1) is 20.6. The lowest BCUT2D eigenvalue weighted by Crippen LogP contribution is -2.07. The second kappa shape index (κ2) is 14.2. The topological polar surface area (TPSA) is 106 Å². The van der Waals surface area contributed by atoms with E-state index in [1.165, 1.54) is 0 Å². The molecule has 0 atom stereocenters.